The Balaban J connectivity index is 0.00000169. The highest BCUT2D eigenvalue weighted by atomic mass is 35.5. The van der Waals surface area contributed by atoms with Crippen LogP contribution in [-0.2, 0) is 11.0 Å². The van der Waals surface area contributed by atoms with Crippen molar-refractivity contribution >= 4 is 12.4 Å². The minimum atomic E-state index is -0.431. The van der Waals surface area contributed by atoms with Gasteiger partial charge in [0.25, 0.3) is 0 Å². The molecule has 0 unspecified atom stereocenters. The number of hydrogen-bond acceptors (Lipinski definition) is 4. The first-order chi connectivity index (χ1) is 11.1. The van der Waals surface area contributed by atoms with E-state index >= 15 is 0 Å². The summed E-state index contributed by atoms with van der Waals surface area (Å²) in [4.78, 5) is 4.68. The van der Waals surface area contributed by atoms with Crippen molar-refractivity contribution in [2.24, 2.45) is 5.73 Å². The Morgan fingerprint density at radius 2 is 1.79 bits per heavy atom. The van der Waals surface area contributed by atoms with Gasteiger partial charge in [-0.3, -0.25) is 0 Å². The predicted octanol–water partition coefficient (Wildman–Crippen LogP) is 4.22. The van der Waals surface area contributed by atoms with Crippen LogP contribution in [0.15, 0.2) is 28.8 Å². The van der Waals surface area contributed by atoms with E-state index in [-0.39, 0.29) is 23.6 Å². The van der Waals surface area contributed by atoms with Crippen LogP contribution in [0.4, 0.5) is 4.39 Å². The summed E-state index contributed by atoms with van der Waals surface area (Å²) in [6.45, 7) is 0. The Bertz CT molecular complexity index is 708. The smallest absolute Gasteiger partial charge is 0.237 e. The maximum Gasteiger partial charge on any atom is 0.237 e. The predicted molar refractivity (Wildman–Crippen MR) is 91.5 cm³/mol. The first-order valence-electron chi connectivity index (χ1n) is 8.52. The molecule has 2 aliphatic carbocycles. The molecule has 130 valence electrons. The van der Waals surface area contributed by atoms with Crippen LogP contribution in [0.5, 0.6) is 0 Å². The molecule has 6 heteroatoms. The number of nitrogens with two attached hydrogens (primary N) is 1. The number of halogens is 2. The fraction of sp³-hybridized carbons (Fsp3) is 0.556. The first kappa shape index (κ1) is 17.4. The normalized spacial score (nSPS) is 21.6. The highest BCUT2D eigenvalue weighted by molar-refractivity contribution is 5.85. The molecule has 4 nitrogen and oxygen atoms in total. The molecule has 1 heterocycles. The molecule has 1 aromatic heterocycles. The van der Waals surface area contributed by atoms with Gasteiger partial charge in [0, 0.05) is 0 Å². The summed E-state index contributed by atoms with van der Waals surface area (Å²) in [5, 5.41) is 4.17. The second-order valence-corrected chi connectivity index (χ2v) is 7.09. The van der Waals surface area contributed by atoms with Crippen LogP contribution in [0.1, 0.15) is 68.6 Å². The number of benzene rings is 1. The molecule has 0 atom stereocenters. The average Bonchev–Trinajstić information content (AvgIpc) is 3.04. The van der Waals surface area contributed by atoms with Crippen LogP contribution in [0.25, 0.3) is 0 Å². The van der Waals surface area contributed by atoms with E-state index in [2.05, 4.69) is 10.1 Å². The van der Waals surface area contributed by atoms with Crippen molar-refractivity contribution in [2.75, 3.05) is 0 Å². The molecule has 0 bridgehead atoms. The Morgan fingerprint density at radius 3 is 2.42 bits per heavy atom. The molecule has 0 aliphatic heterocycles. The third kappa shape index (κ3) is 2.74. The highest BCUT2D eigenvalue weighted by Gasteiger charge is 2.44. The number of hydrogen-bond donors (Lipinski definition) is 1. The van der Waals surface area contributed by atoms with E-state index < -0.39 is 5.54 Å². The van der Waals surface area contributed by atoms with Crippen molar-refractivity contribution < 1.29 is 8.91 Å². The third-order valence-electron chi connectivity index (χ3n) is 5.61. The van der Waals surface area contributed by atoms with Crippen LogP contribution in [0.2, 0.25) is 0 Å². The van der Waals surface area contributed by atoms with Crippen LogP contribution < -0.4 is 5.73 Å². The second kappa shape index (κ2) is 6.45. The van der Waals surface area contributed by atoms with E-state index in [0.717, 1.165) is 50.5 Å². The Labute approximate surface area is 147 Å². The van der Waals surface area contributed by atoms with Crippen molar-refractivity contribution in [3.8, 4) is 0 Å². The van der Waals surface area contributed by atoms with Gasteiger partial charge in [-0.15, -0.1) is 12.4 Å². The molecule has 2 fully saturated rings. The van der Waals surface area contributed by atoms with Gasteiger partial charge in [0.2, 0.25) is 5.89 Å². The van der Waals surface area contributed by atoms with E-state index in [9.17, 15) is 4.39 Å². The number of nitrogens with zero attached hydrogens (tertiary/aromatic N) is 2. The molecule has 0 radical (unpaired) electrons. The van der Waals surface area contributed by atoms with Crippen molar-refractivity contribution in [1.29, 1.82) is 0 Å². The van der Waals surface area contributed by atoms with Crippen LogP contribution in [0.3, 0.4) is 0 Å². The average molecular weight is 352 g/mol. The maximum absolute atomic E-state index is 13.8. The van der Waals surface area contributed by atoms with Crippen molar-refractivity contribution in [3.05, 3.63) is 47.4 Å². The fourth-order valence-corrected chi connectivity index (χ4v) is 3.97. The second-order valence-electron chi connectivity index (χ2n) is 7.09. The molecule has 0 saturated heterocycles. The standard InChI is InChI=1S/C18H22FN3O.ClH/c19-14-7-4-6-13(12-14)17(8-2-1-3-9-17)16-21-15(22-23-16)18(20)10-5-11-18;/h4,6-7,12H,1-3,5,8-11,20H2;1H. The summed E-state index contributed by atoms with van der Waals surface area (Å²) in [6.07, 6.45) is 8.10. The molecule has 24 heavy (non-hydrogen) atoms. The monoisotopic (exact) mass is 351 g/mol. The summed E-state index contributed by atoms with van der Waals surface area (Å²) < 4.78 is 19.4. The van der Waals surface area contributed by atoms with E-state index in [1.54, 1.807) is 12.1 Å². The van der Waals surface area contributed by atoms with Gasteiger partial charge in [0.1, 0.15) is 5.82 Å². The SMILES string of the molecule is Cl.NC1(c2noc(C3(c4cccc(F)c4)CCCCC3)n2)CCC1. The first-order valence-corrected chi connectivity index (χ1v) is 8.52. The van der Waals surface area contributed by atoms with E-state index in [1.807, 2.05) is 6.07 Å². The van der Waals surface area contributed by atoms with E-state index in [0.29, 0.717) is 11.7 Å². The van der Waals surface area contributed by atoms with Gasteiger partial charge in [-0.25, -0.2) is 4.39 Å². The molecule has 2 N–H and O–H groups in total. The quantitative estimate of drug-likeness (QED) is 0.899. The molecule has 1 aromatic carbocycles. The molecule has 0 spiro atoms. The van der Waals surface area contributed by atoms with Crippen LogP contribution in [0, 0.1) is 5.82 Å². The molecule has 2 aromatic rings. The molecule has 4 rings (SSSR count). The fourth-order valence-electron chi connectivity index (χ4n) is 3.97. The molecule has 2 saturated carbocycles. The van der Waals surface area contributed by atoms with Crippen LogP contribution in [-0.4, -0.2) is 10.1 Å². The zero-order valence-corrected chi connectivity index (χ0v) is 14.4. The van der Waals surface area contributed by atoms with Crippen LogP contribution >= 0.6 is 12.4 Å². The zero-order chi connectivity index (χ0) is 15.9. The lowest BCUT2D eigenvalue weighted by atomic mass is 9.69. The van der Waals surface area contributed by atoms with Gasteiger partial charge in [-0.05, 0) is 49.8 Å². The van der Waals surface area contributed by atoms with Gasteiger partial charge in [0.05, 0.1) is 11.0 Å². The summed E-state index contributed by atoms with van der Waals surface area (Å²) in [6, 6.07) is 6.81. The van der Waals surface area contributed by atoms with E-state index in [4.69, 9.17) is 10.3 Å². The van der Waals surface area contributed by atoms with Gasteiger partial charge >= 0.3 is 0 Å². The lowest BCUT2D eigenvalue weighted by Gasteiger charge is -2.35. The van der Waals surface area contributed by atoms with Crippen molar-refractivity contribution in [1.82, 2.24) is 10.1 Å². The summed E-state index contributed by atoms with van der Waals surface area (Å²) in [5.74, 6) is 0.996. The minimum Gasteiger partial charge on any atom is -0.338 e. The number of rotatable bonds is 3. The Morgan fingerprint density at radius 1 is 1.04 bits per heavy atom. The summed E-state index contributed by atoms with van der Waals surface area (Å²) >= 11 is 0. The maximum atomic E-state index is 13.8. The summed E-state index contributed by atoms with van der Waals surface area (Å²) in [7, 11) is 0. The minimum absolute atomic E-state index is 0. The van der Waals surface area contributed by atoms with Gasteiger partial charge < -0.3 is 10.3 Å². The third-order valence-corrected chi connectivity index (χ3v) is 5.61. The highest BCUT2D eigenvalue weighted by Crippen LogP contribution is 2.45. The lowest BCUT2D eigenvalue weighted by molar-refractivity contribution is 0.223. The number of aromatic nitrogens is 2. The molecule has 2 aliphatic rings. The van der Waals surface area contributed by atoms with Gasteiger partial charge in [-0.1, -0.05) is 36.6 Å². The largest absolute Gasteiger partial charge is 0.338 e. The zero-order valence-electron chi connectivity index (χ0n) is 13.6. The Kier molecular flexibility index (Phi) is 4.67. The molecular formula is C18H23ClFN3O. The molecular weight excluding hydrogens is 329 g/mol. The van der Waals surface area contributed by atoms with Crippen molar-refractivity contribution in [2.45, 2.75) is 62.3 Å². The van der Waals surface area contributed by atoms with Crippen molar-refractivity contribution in [3.63, 3.8) is 0 Å². The topological polar surface area (TPSA) is 64.9 Å². The molecule has 0 amide bonds. The van der Waals surface area contributed by atoms with E-state index in [1.165, 1.54) is 12.5 Å². The summed E-state index contributed by atoms with van der Waals surface area (Å²) in [5.41, 5.74) is 6.46. The lowest BCUT2D eigenvalue weighted by Crippen LogP contribution is -2.44. The van der Waals surface area contributed by atoms with Gasteiger partial charge in [0.15, 0.2) is 5.82 Å². The van der Waals surface area contributed by atoms with Gasteiger partial charge in [-0.2, -0.15) is 4.98 Å². The Hall–Kier alpha value is -1.46.